The Kier molecular flexibility index (Phi) is 5.76. The third kappa shape index (κ3) is 4.33. The van der Waals surface area contributed by atoms with Gasteiger partial charge in [-0.15, -0.1) is 0 Å². The summed E-state index contributed by atoms with van der Waals surface area (Å²) in [5, 5.41) is 9.97. The summed E-state index contributed by atoms with van der Waals surface area (Å²) in [4.78, 5) is 12.1. The van der Waals surface area contributed by atoms with Gasteiger partial charge in [0.1, 0.15) is 0 Å². The van der Waals surface area contributed by atoms with Crippen molar-refractivity contribution < 1.29 is 18.0 Å². The molecule has 2 aromatic heterocycles. The van der Waals surface area contributed by atoms with Gasteiger partial charge in [-0.3, -0.25) is 14.2 Å². The van der Waals surface area contributed by atoms with E-state index in [4.69, 9.17) is 11.6 Å². The van der Waals surface area contributed by atoms with Gasteiger partial charge in [0.25, 0.3) is 0 Å². The highest BCUT2D eigenvalue weighted by molar-refractivity contribution is 6.31. The lowest BCUT2D eigenvalue weighted by molar-refractivity contribution is -0.141. The number of hydrogen-bond acceptors (Lipinski definition) is 3. The zero-order chi connectivity index (χ0) is 18.8. The fraction of sp³-hybridized carbons (Fsp3) is 0.533. The molecule has 1 N–H and O–H groups in total. The molecule has 138 valence electrons. The highest BCUT2D eigenvalue weighted by atomic mass is 35.5. The number of nitrogens with one attached hydrogen (secondary N) is 1. The van der Waals surface area contributed by atoms with Crippen LogP contribution in [0, 0.1) is 6.92 Å². The lowest BCUT2D eigenvalue weighted by Gasteiger charge is -2.15. The fourth-order valence-corrected chi connectivity index (χ4v) is 2.74. The summed E-state index contributed by atoms with van der Waals surface area (Å²) in [6.07, 6.45) is -2.99. The Balaban J connectivity index is 1.99. The highest BCUT2D eigenvalue weighted by Gasteiger charge is 2.38. The maximum atomic E-state index is 12.8. The van der Waals surface area contributed by atoms with Crippen molar-refractivity contribution in [1.29, 1.82) is 0 Å². The summed E-state index contributed by atoms with van der Waals surface area (Å²) in [5.41, 5.74) is -0.0975. The summed E-state index contributed by atoms with van der Waals surface area (Å²) in [5.74, 6) is -0.295. The summed E-state index contributed by atoms with van der Waals surface area (Å²) >= 11 is 5.69. The van der Waals surface area contributed by atoms with E-state index in [0.717, 1.165) is 10.4 Å². The average molecular weight is 378 g/mol. The van der Waals surface area contributed by atoms with E-state index in [-0.39, 0.29) is 30.6 Å². The first-order valence-electron chi connectivity index (χ1n) is 7.76. The van der Waals surface area contributed by atoms with Crippen LogP contribution >= 0.6 is 11.6 Å². The number of aromatic nitrogens is 4. The smallest absolute Gasteiger partial charge is 0.348 e. The standard InChI is InChI=1S/C15H19ClF3N5O/c1-4-23-11(5-7-20-23)9(2)21-12(25)6-8-24-10(3)13(16)14(22-24)15(17,18)19/h5,7,9H,4,6,8H2,1-3H3,(H,21,25). The second-order valence-corrected chi connectivity index (χ2v) is 5.96. The van der Waals surface area contributed by atoms with E-state index in [0.29, 0.717) is 6.54 Å². The van der Waals surface area contributed by atoms with Crippen molar-refractivity contribution in [3.8, 4) is 0 Å². The highest BCUT2D eigenvalue weighted by Crippen LogP contribution is 2.35. The number of alkyl halides is 3. The van der Waals surface area contributed by atoms with Crippen molar-refractivity contribution in [1.82, 2.24) is 24.9 Å². The molecule has 10 heteroatoms. The number of hydrogen-bond donors (Lipinski definition) is 1. The van der Waals surface area contributed by atoms with E-state index in [9.17, 15) is 18.0 Å². The van der Waals surface area contributed by atoms with Crippen LogP contribution in [0.4, 0.5) is 13.2 Å². The van der Waals surface area contributed by atoms with Crippen molar-refractivity contribution in [2.75, 3.05) is 0 Å². The molecular formula is C15H19ClF3N5O. The number of aryl methyl sites for hydroxylation is 2. The Morgan fingerprint density at radius 3 is 2.64 bits per heavy atom. The van der Waals surface area contributed by atoms with E-state index >= 15 is 0 Å². The predicted molar refractivity (Wildman–Crippen MR) is 86.1 cm³/mol. The molecule has 0 aliphatic rings. The molecule has 0 spiro atoms. The molecule has 6 nitrogen and oxygen atoms in total. The zero-order valence-corrected chi connectivity index (χ0v) is 14.8. The summed E-state index contributed by atoms with van der Waals surface area (Å²) in [6, 6.07) is 1.55. The van der Waals surface area contributed by atoms with Gasteiger partial charge in [0.2, 0.25) is 5.91 Å². The van der Waals surface area contributed by atoms with Gasteiger partial charge >= 0.3 is 6.18 Å². The summed E-state index contributed by atoms with van der Waals surface area (Å²) in [7, 11) is 0. The maximum absolute atomic E-state index is 12.8. The molecule has 0 bridgehead atoms. The summed E-state index contributed by atoms with van der Waals surface area (Å²) in [6.45, 7) is 5.87. The van der Waals surface area contributed by atoms with Crippen molar-refractivity contribution >= 4 is 17.5 Å². The third-order valence-electron chi connectivity index (χ3n) is 3.82. The minimum absolute atomic E-state index is 0.00717. The van der Waals surface area contributed by atoms with Gasteiger partial charge in [0.05, 0.1) is 29.0 Å². The minimum atomic E-state index is -4.62. The molecule has 1 amide bonds. The topological polar surface area (TPSA) is 64.7 Å². The Labute approximate surface area is 147 Å². The molecule has 1 atom stereocenters. The van der Waals surface area contributed by atoms with Crippen LogP contribution in [0.1, 0.15) is 43.4 Å². The van der Waals surface area contributed by atoms with E-state index in [2.05, 4.69) is 15.5 Å². The first kappa shape index (κ1) is 19.3. The van der Waals surface area contributed by atoms with Gasteiger partial charge < -0.3 is 5.32 Å². The quantitative estimate of drug-likeness (QED) is 0.839. The lowest BCUT2D eigenvalue weighted by Crippen LogP contribution is -2.29. The Hall–Kier alpha value is -2.03. The van der Waals surface area contributed by atoms with E-state index in [1.807, 2.05) is 19.9 Å². The Morgan fingerprint density at radius 2 is 2.08 bits per heavy atom. The minimum Gasteiger partial charge on any atom is -0.348 e. The van der Waals surface area contributed by atoms with Crippen molar-refractivity contribution in [2.24, 2.45) is 0 Å². The molecule has 0 radical (unpaired) electrons. The van der Waals surface area contributed by atoms with Crippen LogP contribution in [0.25, 0.3) is 0 Å². The van der Waals surface area contributed by atoms with E-state index in [1.165, 1.54) is 6.92 Å². The van der Waals surface area contributed by atoms with Gasteiger partial charge in [-0.2, -0.15) is 23.4 Å². The van der Waals surface area contributed by atoms with Crippen LogP contribution in [0.5, 0.6) is 0 Å². The fourth-order valence-electron chi connectivity index (χ4n) is 2.49. The van der Waals surface area contributed by atoms with E-state index < -0.39 is 16.9 Å². The number of carbonyl (C=O) groups excluding carboxylic acids is 1. The van der Waals surface area contributed by atoms with Crippen LogP contribution in [0.2, 0.25) is 5.02 Å². The van der Waals surface area contributed by atoms with Gasteiger partial charge in [0.15, 0.2) is 5.69 Å². The van der Waals surface area contributed by atoms with Crippen LogP contribution in [-0.4, -0.2) is 25.5 Å². The third-order valence-corrected chi connectivity index (χ3v) is 4.28. The first-order chi connectivity index (χ1) is 11.6. The van der Waals surface area contributed by atoms with Crippen LogP contribution in [0.3, 0.4) is 0 Å². The summed E-state index contributed by atoms with van der Waals surface area (Å²) < 4.78 is 41.2. The molecule has 0 aromatic carbocycles. The van der Waals surface area contributed by atoms with Gasteiger partial charge in [-0.1, -0.05) is 11.6 Å². The van der Waals surface area contributed by atoms with Crippen molar-refractivity contribution in [3.63, 3.8) is 0 Å². The number of halogens is 4. The van der Waals surface area contributed by atoms with Gasteiger partial charge in [-0.25, -0.2) is 0 Å². The van der Waals surface area contributed by atoms with Crippen LogP contribution < -0.4 is 5.32 Å². The SMILES string of the molecule is CCn1nccc1C(C)NC(=O)CCn1nc(C(F)(F)F)c(Cl)c1C. The molecule has 0 saturated heterocycles. The number of nitrogens with zero attached hydrogens (tertiary/aromatic N) is 4. The first-order valence-corrected chi connectivity index (χ1v) is 8.14. The Morgan fingerprint density at radius 1 is 1.40 bits per heavy atom. The lowest BCUT2D eigenvalue weighted by atomic mass is 10.2. The normalized spacial score (nSPS) is 13.1. The monoisotopic (exact) mass is 377 g/mol. The Bertz CT molecular complexity index is 753. The van der Waals surface area contributed by atoms with Crippen molar-refractivity contribution in [2.45, 2.75) is 52.5 Å². The molecule has 25 heavy (non-hydrogen) atoms. The predicted octanol–water partition coefficient (Wildman–Crippen LogP) is 3.35. The molecule has 0 aliphatic carbocycles. The molecule has 2 rings (SSSR count). The van der Waals surface area contributed by atoms with Crippen molar-refractivity contribution in [3.05, 3.63) is 34.4 Å². The van der Waals surface area contributed by atoms with Crippen LogP contribution in [-0.2, 0) is 24.1 Å². The molecule has 0 saturated carbocycles. The number of amides is 1. The maximum Gasteiger partial charge on any atom is 0.436 e. The molecule has 0 fully saturated rings. The molecule has 0 aliphatic heterocycles. The molecular weight excluding hydrogens is 359 g/mol. The molecule has 1 unspecified atom stereocenters. The largest absolute Gasteiger partial charge is 0.436 e. The second kappa shape index (κ2) is 7.47. The van der Waals surface area contributed by atoms with E-state index in [1.54, 1.807) is 10.9 Å². The van der Waals surface area contributed by atoms with Crippen LogP contribution in [0.15, 0.2) is 12.3 Å². The molecule has 2 heterocycles. The number of rotatable bonds is 6. The molecule has 2 aromatic rings. The second-order valence-electron chi connectivity index (χ2n) is 5.58. The van der Waals surface area contributed by atoms with Gasteiger partial charge in [-0.05, 0) is 26.8 Å². The zero-order valence-electron chi connectivity index (χ0n) is 14.1. The average Bonchev–Trinajstić information content (AvgIpc) is 3.11. The van der Waals surface area contributed by atoms with Gasteiger partial charge in [0, 0.05) is 19.2 Å². The number of carbonyl (C=O) groups is 1.